The number of aromatic nitrogens is 2. The molecule has 1 aromatic heterocycles. The van der Waals surface area contributed by atoms with Crippen molar-refractivity contribution in [1.29, 1.82) is 0 Å². The van der Waals surface area contributed by atoms with Crippen molar-refractivity contribution < 1.29 is 22.7 Å². The Morgan fingerprint density at radius 1 is 1.03 bits per heavy atom. The van der Waals surface area contributed by atoms with Gasteiger partial charge in [-0.25, -0.2) is 0 Å². The number of para-hydroxylation sites is 2. The molecule has 3 rings (SSSR count). The summed E-state index contributed by atoms with van der Waals surface area (Å²) >= 11 is 18.0. The predicted octanol–water partition coefficient (Wildman–Crippen LogP) is 5.87. The highest BCUT2D eigenvalue weighted by Crippen LogP contribution is 2.34. The molecule has 0 spiro atoms. The van der Waals surface area contributed by atoms with Crippen molar-refractivity contribution in [3.8, 4) is 11.6 Å². The molecule has 0 saturated heterocycles. The van der Waals surface area contributed by atoms with E-state index in [0.29, 0.717) is 6.07 Å². The topological polar surface area (TPSA) is 56.1 Å². The van der Waals surface area contributed by atoms with Crippen LogP contribution in [0.15, 0.2) is 48.5 Å². The van der Waals surface area contributed by atoms with Gasteiger partial charge in [0.15, 0.2) is 12.3 Å². The molecule has 11 heteroatoms. The zero-order chi connectivity index (χ0) is 21.2. The molecule has 0 radical (unpaired) electrons. The number of hydrogen-bond acceptors (Lipinski definition) is 3. The second kappa shape index (κ2) is 8.52. The minimum absolute atomic E-state index is 0.154. The quantitative estimate of drug-likeness (QED) is 0.514. The smallest absolute Gasteiger partial charge is 0.435 e. The normalized spacial score (nSPS) is 11.4. The summed E-state index contributed by atoms with van der Waals surface area (Å²) in [6, 6.07) is 11.5. The Morgan fingerprint density at radius 2 is 1.66 bits per heavy atom. The Morgan fingerprint density at radius 3 is 2.28 bits per heavy atom. The van der Waals surface area contributed by atoms with Crippen LogP contribution < -0.4 is 10.1 Å². The predicted molar refractivity (Wildman–Crippen MR) is 104 cm³/mol. The molecule has 0 bridgehead atoms. The summed E-state index contributed by atoms with van der Waals surface area (Å²) in [4.78, 5) is 12.2. The summed E-state index contributed by atoms with van der Waals surface area (Å²) in [5, 5.41) is 6.52. The lowest BCUT2D eigenvalue weighted by Crippen LogP contribution is -2.21. The highest BCUT2D eigenvalue weighted by atomic mass is 35.5. The molecule has 0 fully saturated rings. The second-order valence-corrected chi connectivity index (χ2v) is 6.88. The van der Waals surface area contributed by atoms with Gasteiger partial charge in [-0.1, -0.05) is 53.0 Å². The number of nitrogens with zero attached hydrogens (tertiary/aromatic N) is 2. The number of alkyl halides is 3. The van der Waals surface area contributed by atoms with E-state index < -0.39 is 24.4 Å². The second-order valence-electron chi connectivity index (χ2n) is 5.66. The van der Waals surface area contributed by atoms with E-state index in [-0.39, 0.29) is 32.3 Å². The number of amides is 1. The van der Waals surface area contributed by atoms with Gasteiger partial charge in [0.05, 0.1) is 26.4 Å². The summed E-state index contributed by atoms with van der Waals surface area (Å²) in [6.07, 6.45) is -4.71. The number of carbonyl (C=O) groups excluding carboxylic acids is 1. The maximum atomic E-state index is 13.1. The Hall–Kier alpha value is -2.42. The first-order chi connectivity index (χ1) is 13.7. The maximum Gasteiger partial charge on any atom is 0.435 e. The number of hydrogen-bond donors (Lipinski definition) is 1. The lowest BCUT2D eigenvalue weighted by atomic mass is 10.3. The van der Waals surface area contributed by atoms with E-state index >= 15 is 0 Å². The standard InChI is InChI=1S/C18H11Cl3F3N3O2/c19-10-4-1-2-7-13(10)27-16(8-14(26-27)18(22,23)24)29-9-15(28)25-17-11(20)5-3-6-12(17)21/h1-8H,9H2,(H,25,28). The molecule has 2 aromatic carbocycles. The van der Waals surface area contributed by atoms with Gasteiger partial charge in [0.2, 0.25) is 5.88 Å². The van der Waals surface area contributed by atoms with Gasteiger partial charge in [-0.3, -0.25) is 4.79 Å². The molecule has 152 valence electrons. The van der Waals surface area contributed by atoms with Crippen LogP contribution >= 0.6 is 34.8 Å². The molecule has 0 unspecified atom stereocenters. The first-order valence-corrected chi connectivity index (χ1v) is 9.09. The highest BCUT2D eigenvalue weighted by molar-refractivity contribution is 6.39. The fraction of sp³-hybridized carbons (Fsp3) is 0.111. The maximum absolute atomic E-state index is 13.1. The SMILES string of the molecule is O=C(COc1cc(C(F)(F)F)nn1-c1ccccc1Cl)Nc1c(Cl)cccc1Cl. The van der Waals surface area contributed by atoms with Crippen molar-refractivity contribution in [3.05, 3.63) is 69.3 Å². The van der Waals surface area contributed by atoms with Crippen LogP contribution in [0.25, 0.3) is 5.69 Å². The van der Waals surface area contributed by atoms with Crippen molar-refractivity contribution in [1.82, 2.24) is 9.78 Å². The molecule has 0 atom stereocenters. The molecule has 1 N–H and O–H groups in total. The molecule has 0 aliphatic rings. The van der Waals surface area contributed by atoms with Crippen LogP contribution in [0.3, 0.4) is 0 Å². The van der Waals surface area contributed by atoms with Crippen LogP contribution in [-0.4, -0.2) is 22.3 Å². The number of halogens is 6. The van der Waals surface area contributed by atoms with Crippen molar-refractivity contribution in [3.63, 3.8) is 0 Å². The van der Waals surface area contributed by atoms with Gasteiger partial charge in [-0.15, -0.1) is 0 Å². The summed E-state index contributed by atoms with van der Waals surface area (Å²) in [7, 11) is 0. The Bertz CT molecular complexity index is 1030. The van der Waals surface area contributed by atoms with Gasteiger partial charge in [0.1, 0.15) is 0 Å². The van der Waals surface area contributed by atoms with Gasteiger partial charge >= 0.3 is 6.18 Å². The van der Waals surface area contributed by atoms with Gasteiger partial charge in [-0.05, 0) is 24.3 Å². The lowest BCUT2D eigenvalue weighted by molar-refractivity contribution is -0.141. The summed E-state index contributed by atoms with van der Waals surface area (Å²) in [5.74, 6) is -0.994. The monoisotopic (exact) mass is 463 g/mol. The number of nitrogens with one attached hydrogen (secondary N) is 1. The van der Waals surface area contributed by atoms with Crippen LogP contribution in [0.4, 0.5) is 18.9 Å². The van der Waals surface area contributed by atoms with Crippen LogP contribution in [0.5, 0.6) is 5.88 Å². The van der Waals surface area contributed by atoms with E-state index in [2.05, 4.69) is 10.4 Å². The average Bonchev–Trinajstić information content (AvgIpc) is 3.08. The first-order valence-electron chi connectivity index (χ1n) is 7.95. The molecule has 0 saturated carbocycles. The van der Waals surface area contributed by atoms with Crippen molar-refractivity contribution in [2.75, 3.05) is 11.9 Å². The van der Waals surface area contributed by atoms with Crippen molar-refractivity contribution in [2.45, 2.75) is 6.18 Å². The minimum Gasteiger partial charge on any atom is -0.467 e. The molecule has 1 amide bonds. The molecule has 5 nitrogen and oxygen atoms in total. The molecular formula is C18H11Cl3F3N3O2. The van der Waals surface area contributed by atoms with E-state index in [1.165, 1.54) is 24.3 Å². The molecular weight excluding hydrogens is 454 g/mol. The van der Waals surface area contributed by atoms with Crippen molar-refractivity contribution >= 4 is 46.4 Å². The zero-order valence-electron chi connectivity index (χ0n) is 14.3. The van der Waals surface area contributed by atoms with Crippen LogP contribution in [-0.2, 0) is 11.0 Å². The first kappa shape index (κ1) is 21.3. The molecule has 1 heterocycles. The van der Waals surface area contributed by atoms with E-state index in [9.17, 15) is 18.0 Å². The van der Waals surface area contributed by atoms with Gasteiger partial charge < -0.3 is 10.1 Å². The van der Waals surface area contributed by atoms with Gasteiger partial charge in [-0.2, -0.15) is 23.0 Å². The van der Waals surface area contributed by atoms with E-state index in [4.69, 9.17) is 39.5 Å². The largest absolute Gasteiger partial charge is 0.467 e. The summed E-state index contributed by atoms with van der Waals surface area (Å²) < 4.78 is 45.5. The number of anilines is 1. The fourth-order valence-electron chi connectivity index (χ4n) is 2.33. The zero-order valence-corrected chi connectivity index (χ0v) is 16.6. The number of carbonyl (C=O) groups is 1. The number of rotatable bonds is 5. The molecule has 3 aromatic rings. The van der Waals surface area contributed by atoms with Gasteiger partial charge in [0, 0.05) is 6.07 Å². The van der Waals surface area contributed by atoms with E-state index in [1.807, 2.05) is 0 Å². The third-order valence-corrected chi connectivity index (χ3v) is 4.58. The lowest BCUT2D eigenvalue weighted by Gasteiger charge is -2.12. The Balaban J connectivity index is 1.84. The Labute approximate surface area is 177 Å². The molecule has 29 heavy (non-hydrogen) atoms. The van der Waals surface area contributed by atoms with Crippen LogP contribution in [0, 0.1) is 0 Å². The van der Waals surface area contributed by atoms with Gasteiger partial charge in [0.25, 0.3) is 5.91 Å². The average molecular weight is 465 g/mol. The minimum atomic E-state index is -4.71. The summed E-state index contributed by atoms with van der Waals surface area (Å²) in [5.41, 5.74) is -0.865. The third-order valence-electron chi connectivity index (χ3n) is 3.63. The van der Waals surface area contributed by atoms with Crippen LogP contribution in [0.2, 0.25) is 15.1 Å². The van der Waals surface area contributed by atoms with Crippen molar-refractivity contribution in [2.24, 2.45) is 0 Å². The highest BCUT2D eigenvalue weighted by Gasteiger charge is 2.36. The van der Waals surface area contributed by atoms with Crippen LogP contribution in [0.1, 0.15) is 5.69 Å². The summed E-state index contributed by atoms with van der Waals surface area (Å²) in [6.45, 7) is -0.616. The van der Waals surface area contributed by atoms with E-state index in [1.54, 1.807) is 18.2 Å². The number of benzene rings is 2. The molecule has 0 aliphatic heterocycles. The number of ether oxygens (including phenoxy) is 1. The third kappa shape index (κ3) is 4.95. The van der Waals surface area contributed by atoms with E-state index in [0.717, 1.165) is 4.68 Å². The molecule has 0 aliphatic carbocycles. The fourth-order valence-corrected chi connectivity index (χ4v) is 3.04. The Kier molecular flexibility index (Phi) is 6.26.